The van der Waals surface area contributed by atoms with Crippen molar-refractivity contribution in [1.29, 1.82) is 0 Å². The first-order chi connectivity index (χ1) is 12.1. The second-order valence-electron chi connectivity index (χ2n) is 5.75. The van der Waals surface area contributed by atoms with Crippen molar-refractivity contribution in [1.82, 2.24) is 10.3 Å². The predicted molar refractivity (Wildman–Crippen MR) is 103 cm³/mol. The largest absolute Gasteiger partial charge is 0.508 e. The number of para-hydroxylation sites is 1. The third kappa shape index (κ3) is 4.90. The van der Waals surface area contributed by atoms with Crippen molar-refractivity contribution in [3.05, 3.63) is 57.2 Å². The number of thiazole rings is 1. The van der Waals surface area contributed by atoms with E-state index in [0.29, 0.717) is 19.4 Å². The Balaban J connectivity index is 1.43. The molecule has 0 spiro atoms. The molecule has 0 aliphatic carbocycles. The zero-order chi connectivity index (χ0) is 17.6. The fraction of sp³-hybridized carbons (Fsp3) is 0.263. The van der Waals surface area contributed by atoms with Gasteiger partial charge in [-0.25, -0.2) is 4.98 Å². The Hall–Kier alpha value is -2.18. The Morgan fingerprint density at radius 3 is 2.80 bits per heavy atom. The van der Waals surface area contributed by atoms with Gasteiger partial charge in [-0.05, 0) is 43.5 Å². The normalized spacial score (nSPS) is 10.8. The number of phenols is 1. The molecule has 1 aromatic carbocycles. The van der Waals surface area contributed by atoms with E-state index in [9.17, 15) is 9.90 Å². The summed E-state index contributed by atoms with van der Waals surface area (Å²) in [6.45, 7) is 2.63. The molecule has 2 heterocycles. The van der Waals surface area contributed by atoms with Gasteiger partial charge in [0, 0.05) is 23.2 Å². The number of hydrogen-bond donors (Lipinski definition) is 2. The minimum Gasteiger partial charge on any atom is -0.508 e. The molecule has 2 aromatic heterocycles. The minimum absolute atomic E-state index is 0.00941. The molecule has 0 radical (unpaired) electrons. The molecule has 130 valence electrons. The second-order valence-corrected chi connectivity index (χ2v) is 7.98. The third-order valence-corrected chi connectivity index (χ3v) is 5.78. The van der Waals surface area contributed by atoms with Crippen LogP contribution < -0.4 is 5.32 Å². The number of thiophene rings is 1. The maximum absolute atomic E-state index is 11.9. The van der Waals surface area contributed by atoms with Crippen LogP contribution in [0.15, 0.2) is 41.8 Å². The molecular formula is C19H20N2O2S2. The van der Waals surface area contributed by atoms with E-state index in [1.807, 2.05) is 19.1 Å². The summed E-state index contributed by atoms with van der Waals surface area (Å²) in [5, 5.41) is 15.8. The molecule has 4 nitrogen and oxygen atoms in total. The van der Waals surface area contributed by atoms with Gasteiger partial charge in [0.2, 0.25) is 5.91 Å². The SMILES string of the molecule is Cc1nc(-c2ccc(CCNC(=O)CCc3ccccc3O)s2)cs1. The van der Waals surface area contributed by atoms with Crippen LogP contribution in [0, 0.1) is 6.92 Å². The van der Waals surface area contributed by atoms with Gasteiger partial charge in [0.25, 0.3) is 0 Å². The van der Waals surface area contributed by atoms with E-state index in [4.69, 9.17) is 0 Å². The molecule has 3 aromatic rings. The highest BCUT2D eigenvalue weighted by Gasteiger charge is 2.08. The molecule has 0 saturated carbocycles. The molecule has 3 rings (SSSR count). The summed E-state index contributed by atoms with van der Waals surface area (Å²) >= 11 is 3.38. The van der Waals surface area contributed by atoms with Crippen LogP contribution in [-0.2, 0) is 17.6 Å². The number of rotatable bonds is 7. The van der Waals surface area contributed by atoms with Crippen molar-refractivity contribution in [2.24, 2.45) is 0 Å². The fourth-order valence-corrected chi connectivity index (χ4v) is 4.17. The number of aromatic nitrogens is 1. The number of nitrogens with zero attached hydrogens (tertiary/aromatic N) is 1. The maximum Gasteiger partial charge on any atom is 0.220 e. The Bertz CT molecular complexity index is 854. The standard InChI is InChI=1S/C19H20N2O2S2/c1-13-21-16(12-24-13)18-8-7-15(25-18)10-11-20-19(23)9-6-14-4-2-3-5-17(14)22/h2-5,7-8,12,22H,6,9-11H2,1H3,(H,20,23). The summed E-state index contributed by atoms with van der Waals surface area (Å²) in [6, 6.07) is 11.3. The van der Waals surface area contributed by atoms with E-state index in [2.05, 4.69) is 27.8 Å². The highest BCUT2D eigenvalue weighted by Crippen LogP contribution is 2.29. The zero-order valence-corrected chi connectivity index (χ0v) is 15.6. The lowest BCUT2D eigenvalue weighted by Crippen LogP contribution is -2.25. The van der Waals surface area contributed by atoms with Crippen LogP contribution in [-0.4, -0.2) is 22.5 Å². The Kier molecular flexibility index (Phi) is 5.83. The molecule has 0 atom stereocenters. The zero-order valence-electron chi connectivity index (χ0n) is 14.0. The molecule has 0 fully saturated rings. The lowest BCUT2D eigenvalue weighted by atomic mass is 10.1. The van der Waals surface area contributed by atoms with Crippen LogP contribution in [0.1, 0.15) is 21.9 Å². The topological polar surface area (TPSA) is 62.2 Å². The van der Waals surface area contributed by atoms with Gasteiger partial charge in [0.15, 0.2) is 0 Å². The fourth-order valence-electron chi connectivity index (χ4n) is 2.51. The number of amides is 1. The van der Waals surface area contributed by atoms with Crippen molar-refractivity contribution < 1.29 is 9.90 Å². The van der Waals surface area contributed by atoms with Crippen LogP contribution in [0.5, 0.6) is 5.75 Å². The van der Waals surface area contributed by atoms with Gasteiger partial charge < -0.3 is 10.4 Å². The molecule has 25 heavy (non-hydrogen) atoms. The quantitative estimate of drug-likeness (QED) is 0.654. The number of hydrogen-bond acceptors (Lipinski definition) is 5. The Morgan fingerprint density at radius 2 is 2.04 bits per heavy atom. The van der Waals surface area contributed by atoms with Crippen LogP contribution in [0.25, 0.3) is 10.6 Å². The van der Waals surface area contributed by atoms with Crippen molar-refractivity contribution in [3.8, 4) is 16.3 Å². The van der Waals surface area contributed by atoms with Gasteiger partial charge in [-0.3, -0.25) is 4.79 Å². The Morgan fingerprint density at radius 1 is 1.20 bits per heavy atom. The summed E-state index contributed by atoms with van der Waals surface area (Å²) in [7, 11) is 0. The second kappa shape index (κ2) is 8.27. The molecule has 0 bridgehead atoms. The van der Waals surface area contributed by atoms with Crippen LogP contribution >= 0.6 is 22.7 Å². The maximum atomic E-state index is 11.9. The van der Waals surface area contributed by atoms with Crippen LogP contribution in [0.2, 0.25) is 0 Å². The predicted octanol–water partition coefficient (Wildman–Crippen LogP) is 4.18. The minimum atomic E-state index is 0.00941. The van der Waals surface area contributed by atoms with Crippen molar-refractivity contribution in [2.75, 3.05) is 6.54 Å². The highest BCUT2D eigenvalue weighted by molar-refractivity contribution is 7.16. The van der Waals surface area contributed by atoms with E-state index in [1.165, 1.54) is 9.75 Å². The molecule has 1 amide bonds. The molecular weight excluding hydrogens is 352 g/mol. The first-order valence-electron chi connectivity index (χ1n) is 8.16. The first kappa shape index (κ1) is 17.6. The van der Waals surface area contributed by atoms with E-state index >= 15 is 0 Å². The average Bonchev–Trinajstić information content (AvgIpc) is 3.23. The molecule has 0 aliphatic heterocycles. The molecule has 0 saturated heterocycles. The van der Waals surface area contributed by atoms with Crippen molar-refractivity contribution in [2.45, 2.75) is 26.2 Å². The van der Waals surface area contributed by atoms with E-state index < -0.39 is 0 Å². The van der Waals surface area contributed by atoms with Crippen LogP contribution in [0.3, 0.4) is 0 Å². The van der Waals surface area contributed by atoms with E-state index in [1.54, 1.807) is 34.8 Å². The lowest BCUT2D eigenvalue weighted by Gasteiger charge is -2.06. The molecule has 0 unspecified atom stereocenters. The summed E-state index contributed by atoms with van der Waals surface area (Å²) < 4.78 is 0. The summed E-state index contributed by atoms with van der Waals surface area (Å²) in [4.78, 5) is 18.9. The average molecular weight is 373 g/mol. The number of carbonyl (C=O) groups is 1. The van der Waals surface area contributed by atoms with Crippen molar-refractivity contribution in [3.63, 3.8) is 0 Å². The number of carbonyl (C=O) groups excluding carboxylic acids is 1. The third-order valence-electron chi connectivity index (χ3n) is 3.84. The number of aryl methyl sites for hydroxylation is 2. The number of phenolic OH excluding ortho intramolecular Hbond substituents is 1. The molecule has 6 heteroatoms. The van der Waals surface area contributed by atoms with Gasteiger partial charge in [0.1, 0.15) is 5.75 Å². The first-order valence-corrected chi connectivity index (χ1v) is 9.86. The highest BCUT2D eigenvalue weighted by atomic mass is 32.1. The lowest BCUT2D eigenvalue weighted by molar-refractivity contribution is -0.121. The van der Waals surface area contributed by atoms with Gasteiger partial charge in [-0.2, -0.15) is 0 Å². The van der Waals surface area contributed by atoms with E-state index in [0.717, 1.165) is 22.7 Å². The van der Waals surface area contributed by atoms with Gasteiger partial charge in [-0.15, -0.1) is 22.7 Å². The number of aromatic hydroxyl groups is 1. The molecule has 2 N–H and O–H groups in total. The van der Waals surface area contributed by atoms with Crippen LogP contribution in [0.4, 0.5) is 0 Å². The summed E-state index contributed by atoms with van der Waals surface area (Å²) in [5.41, 5.74) is 1.84. The number of nitrogens with one attached hydrogen (secondary N) is 1. The summed E-state index contributed by atoms with van der Waals surface area (Å²) in [5.74, 6) is 0.258. The van der Waals surface area contributed by atoms with Gasteiger partial charge >= 0.3 is 0 Å². The smallest absolute Gasteiger partial charge is 0.220 e. The van der Waals surface area contributed by atoms with Gasteiger partial charge in [0.05, 0.1) is 15.6 Å². The number of benzene rings is 1. The monoisotopic (exact) mass is 372 g/mol. The van der Waals surface area contributed by atoms with Gasteiger partial charge in [-0.1, -0.05) is 18.2 Å². The van der Waals surface area contributed by atoms with E-state index in [-0.39, 0.29) is 11.7 Å². The van der Waals surface area contributed by atoms with Crippen molar-refractivity contribution >= 4 is 28.6 Å². The Labute approximate surface area is 155 Å². The summed E-state index contributed by atoms with van der Waals surface area (Å²) in [6.07, 6.45) is 1.74. The molecule has 0 aliphatic rings.